The second-order valence-electron chi connectivity index (χ2n) is 10.8. The van der Waals surface area contributed by atoms with Crippen LogP contribution in [0.5, 0.6) is 11.5 Å². The highest BCUT2D eigenvalue weighted by Gasteiger charge is 2.67. The van der Waals surface area contributed by atoms with Crippen molar-refractivity contribution in [3.63, 3.8) is 0 Å². The molecule has 4 N–H and O–H groups in total. The molecule has 10 heteroatoms. The molecule has 4 fully saturated rings. The maximum Gasteiger partial charge on any atom is 0.235 e. The number of benzene rings is 1. The molecule has 1 spiro atoms. The summed E-state index contributed by atoms with van der Waals surface area (Å²) >= 11 is 0. The number of amides is 1. The summed E-state index contributed by atoms with van der Waals surface area (Å²) in [6.45, 7) is 2.00. The second kappa shape index (κ2) is 8.21. The molecule has 0 radical (unpaired) electrons. The normalized spacial score (nSPS) is 34.0. The third-order valence-corrected chi connectivity index (χ3v) is 9.18. The van der Waals surface area contributed by atoms with Gasteiger partial charge >= 0.3 is 0 Å². The highest BCUT2D eigenvalue weighted by molar-refractivity contribution is 6.09. The molecule has 0 bridgehead atoms. The third-order valence-electron chi connectivity index (χ3n) is 9.18. The number of nitrogens with one attached hydrogen (secondary N) is 4. The number of rotatable bonds is 6. The van der Waals surface area contributed by atoms with Crippen LogP contribution in [0.25, 0.3) is 0 Å². The Morgan fingerprint density at radius 1 is 1.14 bits per heavy atom. The lowest BCUT2D eigenvalue weighted by molar-refractivity contribution is -0.118. The van der Waals surface area contributed by atoms with E-state index in [0.29, 0.717) is 29.5 Å². The van der Waals surface area contributed by atoms with E-state index in [-0.39, 0.29) is 17.5 Å². The first-order valence-corrected chi connectivity index (χ1v) is 13.0. The van der Waals surface area contributed by atoms with Gasteiger partial charge in [-0.3, -0.25) is 10.2 Å². The fourth-order valence-corrected chi connectivity index (χ4v) is 7.07. The minimum Gasteiger partial charge on any atom is -0.497 e. The van der Waals surface area contributed by atoms with E-state index in [9.17, 15) is 4.79 Å². The van der Waals surface area contributed by atoms with Crippen molar-refractivity contribution >= 4 is 23.2 Å². The van der Waals surface area contributed by atoms with Gasteiger partial charge in [0.25, 0.3) is 0 Å². The van der Waals surface area contributed by atoms with Crippen LogP contribution in [0.4, 0.5) is 17.3 Å². The number of aromatic nitrogens is 2. The van der Waals surface area contributed by atoms with Crippen LogP contribution in [-0.4, -0.2) is 55.4 Å². The second-order valence-corrected chi connectivity index (χ2v) is 10.8. The Kier molecular flexibility index (Phi) is 5.04. The predicted molar refractivity (Wildman–Crippen MR) is 135 cm³/mol. The third kappa shape index (κ3) is 3.20. The van der Waals surface area contributed by atoms with Gasteiger partial charge in [0.15, 0.2) is 11.6 Å². The van der Waals surface area contributed by atoms with Gasteiger partial charge in [-0.05, 0) is 67.7 Å². The Balaban J connectivity index is 1.05. The standard InChI is InChI=1S/C26H33N7O3/c1-35-15-5-7-19-17(11-15)26(25(34)29-19)12-18(26)14-4-6-16-20(10-14)31-32-22(16)30-23-21(36-2)24(28-13-27-23)33-8-3-9-33/h5,7,11,13-14,16,18,20,22,31-32H,3-4,6,8-10,12H2,1-2H3,(H,29,34)(H,27,28,30)/t14?,16?,18-,20?,22?,26-/m0/s1. The van der Waals surface area contributed by atoms with Crippen molar-refractivity contribution in [3.05, 3.63) is 30.1 Å². The van der Waals surface area contributed by atoms with Crippen LogP contribution in [0, 0.1) is 17.8 Å². The summed E-state index contributed by atoms with van der Waals surface area (Å²) in [5, 5.41) is 6.71. The Labute approximate surface area is 210 Å². The number of anilines is 3. The molecule has 7 rings (SSSR count). The fourth-order valence-electron chi connectivity index (χ4n) is 7.07. The molecule has 3 aliphatic heterocycles. The maximum absolute atomic E-state index is 13.1. The van der Waals surface area contributed by atoms with E-state index in [1.54, 1.807) is 20.5 Å². The maximum atomic E-state index is 13.1. The van der Waals surface area contributed by atoms with E-state index < -0.39 is 0 Å². The van der Waals surface area contributed by atoms with Crippen molar-refractivity contribution in [2.75, 3.05) is 42.8 Å². The van der Waals surface area contributed by atoms with Crippen LogP contribution < -0.4 is 35.9 Å². The van der Waals surface area contributed by atoms with Crippen LogP contribution in [0.1, 0.15) is 37.7 Å². The summed E-state index contributed by atoms with van der Waals surface area (Å²) in [4.78, 5) is 24.3. The number of ether oxygens (including phenoxy) is 2. The van der Waals surface area contributed by atoms with Crippen molar-refractivity contribution < 1.29 is 14.3 Å². The average Bonchev–Trinajstić information content (AvgIpc) is 3.41. The molecule has 2 aromatic rings. The van der Waals surface area contributed by atoms with Gasteiger partial charge in [0.05, 0.1) is 25.8 Å². The van der Waals surface area contributed by atoms with Gasteiger partial charge in [0.2, 0.25) is 11.7 Å². The van der Waals surface area contributed by atoms with E-state index in [2.05, 4.69) is 42.4 Å². The van der Waals surface area contributed by atoms with E-state index in [1.165, 1.54) is 6.42 Å². The molecule has 2 saturated heterocycles. The quantitative estimate of drug-likeness (QED) is 0.483. The lowest BCUT2D eigenvalue weighted by atomic mass is 9.74. The zero-order valence-corrected chi connectivity index (χ0v) is 20.7. The molecule has 36 heavy (non-hydrogen) atoms. The molecule has 2 aliphatic carbocycles. The topological polar surface area (TPSA) is 113 Å². The molecule has 190 valence electrons. The number of hydrazine groups is 1. The Morgan fingerprint density at radius 2 is 2.03 bits per heavy atom. The molecule has 10 nitrogen and oxygen atoms in total. The Hall–Kier alpha value is -3.11. The van der Waals surface area contributed by atoms with Crippen LogP contribution in [0.3, 0.4) is 0 Å². The number of fused-ring (bicyclic) bond motifs is 3. The summed E-state index contributed by atoms with van der Waals surface area (Å²) in [5.74, 6) is 4.57. The number of carbonyl (C=O) groups excluding carboxylic acids is 1. The molecule has 2 saturated carbocycles. The minimum atomic E-state index is -0.382. The van der Waals surface area contributed by atoms with Gasteiger partial charge in [-0.2, -0.15) is 0 Å². The van der Waals surface area contributed by atoms with Crippen molar-refractivity contribution in [1.29, 1.82) is 0 Å². The number of methoxy groups -OCH3 is 2. The van der Waals surface area contributed by atoms with Crippen molar-refractivity contribution in [3.8, 4) is 11.5 Å². The van der Waals surface area contributed by atoms with Gasteiger partial charge in [0, 0.05) is 30.7 Å². The summed E-state index contributed by atoms with van der Waals surface area (Å²) in [6, 6.07) is 6.29. The van der Waals surface area contributed by atoms with Gasteiger partial charge in [-0.25, -0.2) is 15.4 Å². The van der Waals surface area contributed by atoms with Gasteiger partial charge in [-0.15, -0.1) is 0 Å². The first-order valence-electron chi connectivity index (χ1n) is 13.0. The largest absolute Gasteiger partial charge is 0.497 e. The van der Waals surface area contributed by atoms with Crippen molar-refractivity contribution in [1.82, 2.24) is 20.8 Å². The lowest BCUT2D eigenvalue weighted by Crippen LogP contribution is -2.40. The van der Waals surface area contributed by atoms with Crippen LogP contribution >= 0.6 is 0 Å². The van der Waals surface area contributed by atoms with E-state index in [1.807, 2.05) is 12.1 Å². The minimum absolute atomic E-state index is 0.0527. The van der Waals surface area contributed by atoms with Crippen molar-refractivity contribution in [2.45, 2.75) is 49.7 Å². The molecular formula is C26H33N7O3. The summed E-state index contributed by atoms with van der Waals surface area (Å²) < 4.78 is 11.2. The highest BCUT2D eigenvalue weighted by Crippen LogP contribution is 2.65. The molecule has 1 aromatic carbocycles. The first-order chi connectivity index (χ1) is 17.6. The predicted octanol–water partition coefficient (Wildman–Crippen LogP) is 2.24. The summed E-state index contributed by atoms with van der Waals surface area (Å²) in [6.07, 6.45) is 7.01. The number of hydrogen-bond acceptors (Lipinski definition) is 9. The zero-order chi connectivity index (χ0) is 24.4. The zero-order valence-electron chi connectivity index (χ0n) is 20.7. The number of nitrogens with zero attached hydrogens (tertiary/aromatic N) is 3. The van der Waals surface area contributed by atoms with Crippen LogP contribution in [-0.2, 0) is 10.2 Å². The highest BCUT2D eigenvalue weighted by atomic mass is 16.5. The molecule has 1 amide bonds. The van der Waals surface area contributed by atoms with E-state index >= 15 is 0 Å². The SMILES string of the molecule is COc1ccc2c(c1)[C@]1(C[C@H]1C1CCC3C(C1)NNC3Nc1ncnc(N3CCC3)c1OC)C(=O)N2. The van der Waals surface area contributed by atoms with E-state index in [0.717, 1.165) is 67.4 Å². The Morgan fingerprint density at radius 3 is 2.81 bits per heavy atom. The fraction of sp³-hybridized carbons (Fsp3) is 0.577. The van der Waals surface area contributed by atoms with E-state index in [4.69, 9.17) is 9.47 Å². The van der Waals surface area contributed by atoms with Crippen LogP contribution in [0.15, 0.2) is 24.5 Å². The first kappa shape index (κ1) is 22.1. The average molecular weight is 492 g/mol. The molecule has 4 heterocycles. The van der Waals surface area contributed by atoms with Gasteiger partial charge in [0.1, 0.15) is 12.1 Å². The lowest BCUT2D eigenvalue weighted by Gasteiger charge is -2.35. The van der Waals surface area contributed by atoms with Crippen LogP contribution in [0.2, 0.25) is 0 Å². The van der Waals surface area contributed by atoms with Gasteiger partial charge in [-0.1, -0.05) is 0 Å². The molecular weight excluding hydrogens is 458 g/mol. The summed E-state index contributed by atoms with van der Waals surface area (Å²) in [5.41, 5.74) is 8.68. The molecule has 5 aliphatic rings. The number of carbonyl (C=O) groups is 1. The van der Waals surface area contributed by atoms with Gasteiger partial charge < -0.3 is 25.0 Å². The smallest absolute Gasteiger partial charge is 0.235 e. The molecule has 4 unspecified atom stereocenters. The Bertz CT molecular complexity index is 1200. The molecule has 1 aromatic heterocycles. The number of hydrogen-bond donors (Lipinski definition) is 4. The molecule has 6 atom stereocenters. The van der Waals surface area contributed by atoms with Crippen molar-refractivity contribution in [2.24, 2.45) is 17.8 Å². The summed E-state index contributed by atoms with van der Waals surface area (Å²) in [7, 11) is 3.36. The monoisotopic (exact) mass is 491 g/mol.